The molecule has 0 spiro atoms. The molecule has 3 rings (SSSR count). The summed E-state index contributed by atoms with van der Waals surface area (Å²) in [5.74, 6) is 0.215. The number of amides is 1. The molecule has 2 atom stereocenters. The molecule has 1 aromatic rings. The SMILES string of the molecule is O=C(NCCc1ccccn1)C1CCCC2CCCN21. The van der Waals surface area contributed by atoms with E-state index in [0.29, 0.717) is 12.6 Å². The van der Waals surface area contributed by atoms with Crippen molar-refractivity contribution in [2.45, 2.75) is 50.6 Å². The second-order valence-electron chi connectivity index (χ2n) is 5.84. The number of carbonyl (C=O) groups excluding carboxylic acids is 1. The van der Waals surface area contributed by atoms with Crippen LogP contribution in [0.2, 0.25) is 0 Å². The molecule has 0 bridgehead atoms. The van der Waals surface area contributed by atoms with E-state index in [1.165, 1.54) is 25.7 Å². The van der Waals surface area contributed by atoms with Crippen LogP contribution < -0.4 is 5.32 Å². The Morgan fingerprint density at radius 1 is 1.30 bits per heavy atom. The van der Waals surface area contributed by atoms with Crippen molar-refractivity contribution in [3.8, 4) is 0 Å². The maximum atomic E-state index is 12.4. The van der Waals surface area contributed by atoms with Gasteiger partial charge in [0.25, 0.3) is 0 Å². The molecule has 2 unspecified atom stereocenters. The van der Waals surface area contributed by atoms with E-state index in [0.717, 1.165) is 25.1 Å². The predicted molar refractivity (Wildman–Crippen MR) is 78.3 cm³/mol. The zero-order valence-corrected chi connectivity index (χ0v) is 11.9. The highest BCUT2D eigenvalue weighted by Gasteiger charge is 2.37. The van der Waals surface area contributed by atoms with Crippen LogP contribution in [0.4, 0.5) is 0 Å². The summed E-state index contributed by atoms with van der Waals surface area (Å²) in [6, 6.07) is 6.68. The molecule has 0 aromatic carbocycles. The molecule has 2 saturated heterocycles. The van der Waals surface area contributed by atoms with Crippen LogP contribution in [0, 0.1) is 0 Å². The summed E-state index contributed by atoms with van der Waals surface area (Å²) >= 11 is 0. The average Bonchev–Trinajstić information content (AvgIpc) is 2.96. The zero-order chi connectivity index (χ0) is 13.8. The number of fused-ring (bicyclic) bond motifs is 1. The molecule has 3 heterocycles. The number of nitrogens with one attached hydrogen (secondary N) is 1. The molecule has 1 N–H and O–H groups in total. The molecular weight excluding hydrogens is 250 g/mol. The highest BCUT2D eigenvalue weighted by atomic mass is 16.2. The number of pyridine rings is 1. The van der Waals surface area contributed by atoms with Gasteiger partial charge in [0.15, 0.2) is 0 Å². The molecule has 4 nitrogen and oxygen atoms in total. The van der Waals surface area contributed by atoms with Crippen molar-refractivity contribution < 1.29 is 4.79 Å². The first kappa shape index (κ1) is 13.6. The van der Waals surface area contributed by atoms with E-state index in [-0.39, 0.29) is 11.9 Å². The number of hydrogen-bond donors (Lipinski definition) is 1. The third-order valence-corrected chi connectivity index (χ3v) is 4.55. The minimum atomic E-state index is 0.111. The van der Waals surface area contributed by atoms with Crippen molar-refractivity contribution in [3.63, 3.8) is 0 Å². The van der Waals surface area contributed by atoms with Gasteiger partial charge in [-0.15, -0.1) is 0 Å². The lowest BCUT2D eigenvalue weighted by Gasteiger charge is -2.36. The molecule has 2 fully saturated rings. The quantitative estimate of drug-likeness (QED) is 0.909. The number of piperidine rings is 1. The second-order valence-corrected chi connectivity index (χ2v) is 5.84. The molecule has 20 heavy (non-hydrogen) atoms. The van der Waals surface area contributed by atoms with Gasteiger partial charge in [0.1, 0.15) is 0 Å². The Kier molecular flexibility index (Phi) is 4.31. The van der Waals surface area contributed by atoms with Gasteiger partial charge in [-0.2, -0.15) is 0 Å². The van der Waals surface area contributed by atoms with Crippen molar-refractivity contribution in [1.82, 2.24) is 15.2 Å². The Bertz CT molecular complexity index is 448. The van der Waals surface area contributed by atoms with Crippen LogP contribution in [0.1, 0.15) is 37.8 Å². The minimum absolute atomic E-state index is 0.111. The van der Waals surface area contributed by atoms with Gasteiger partial charge < -0.3 is 5.32 Å². The molecule has 0 radical (unpaired) electrons. The van der Waals surface area contributed by atoms with Crippen LogP contribution in [0.3, 0.4) is 0 Å². The first-order valence-corrected chi connectivity index (χ1v) is 7.78. The van der Waals surface area contributed by atoms with Gasteiger partial charge in [-0.3, -0.25) is 14.7 Å². The summed E-state index contributed by atoms with van der Waals surface area (Å²) in [4.78, 5) is 19.1. The molecule has 2 aliphatic heterocycles. The van der Waals surface area contributed by atoms with Gasteiger partial charge in [-0.05, 0) is 50.8 Å². The Morgan fingerprint density at radius 3 is 3.05 bits per heavy atom. The van der Waals surface area contributed by atoms with Gasteiger partial charge in [0, 0.05) is 30.9 Å². The standard InChI is InChI=1S/C16H23N3O/c20-16(18-11-9-13-5-1-2-10-17-13)15-8-3-6-14-7-4-12-19(14)15/h1-2,5,10,14-15H,3-4,6-9,11-12H2,(H,18,20). The van der Waals surface area contributed by atoms with Crippen LogP contribution in [0.25, 0.3) is 0 Å². The summed E-state index contributed by atoms with van der Waals surface area (Å²) in [7, 11) is 0. The first-order chi connectivity index (χ1) is 9.84. The summed E-state index contributed by atoms with van der Waals surface area (Å²) in [6.07, 6.45) is 8.62. The molecule has 0 saturated carbocycles. The normalized spacial score (nSPS) is 26.2. The molecule has 2 aliphatic rings. The lowest BCUT2D eigenvalue weighted by Crippen LogP contribution is -2.51. The molecule has 0 aliphatic carbocycles. The topological polar surface area (TPSA) is 45.2 Å². The van der Waals surface area contributed by atoms with Gasteiger partial charge in [-0.1, -0.05) is 6.07 Å². The summed E-state index contributed by atoms with van der Waals surface area (Å²) in [6.45, 7) is 1.79. The monoisotopic (exact) mass is 273 g/mol. The number of nitrogens with zero attached hydrogens (tertiary/aromatic N) is 2. The van der Waals surface area contributed by atoms with Gasteiger partial charge >= 0.3 is 0 Å². The minimum Gasteiger partial charge on any atom is -0.354 e. The lowest BCUT2D eigenvalue weighted by atomic mass is 9.96. The van der Waals surface area contributed by atoms with E-state index in [1.54, 1.807) is 6.20 Å². The molecule has 108 valence electrons. The average molecular weight is 273 g/mol. The van der Waals surface area contributed by atoms with Gasteiger partial charge in [0.2, 0.25) is 5.91 Å². The van der Waals surface area contributed by atoms with Crippen molar-refractivity contribution in [3.05, 3.63) is 30.1 Å². The number of rotatable bonds is 4. The Morgan fingerprint density at radius 2 is 2.20 bits per heavy atom. The van der Waals surface area contributed by atoms with Crippen molar-refractivity contribution >= 4 is 5.91 Å². The van der Waals surface area contributed by atoms with E-state index < -0.39 is 0 Å². The molecule has 1 aromatic heterocycles. The van der Waals surface area contributed by atoms with E-state index >= 15 is 0 Å². The second kappa shape index (κ2) is 6.35. The van der Waals surface area contributed by atoms with Gasteiger partial charge in [0.05, 0.1) is 6.04 Å². The molecule has 4 heteroatoms. The van der Waals surface area contributed by atoms with Crippen LogP contribution in [0.5, 0.6) is 0 Å². The number of carbonyl (C=O) groups is 1. The smallest absolute Gasteiger partial charge is 0.237 e. The van der Waals surface area contributed by atoms with E-state index in [2.05, 4.69) is 15.2 Å². The summed E-state index contributed by atoms with van der Waals surface area (Å²) < 4.78 is 0. The molecule has 1 amide bonds. The largest absolute Gasteiger partial charge is 0.354 e. The third kappa shape index (κ3) is 3.01. The third-order valence-electron chi connectivity index (χ3n) is 4.55. The predicted octanol–water partition coefficient (Wildman–Crippen LogP) is 1.76. The van der Waals surface area contributed by atoms with E-state index in [1.807, 2.05) is 18.2 Å². The van der Waals surface area contributed by atoms with Crippen LogP contribution in [-0.4, -0.2) is 41.0 Å². The van der Waals surface area contributed by atoms with Crippen LogP contribution >= 0.6 is 0 Å². The maximum absolute atomic E-state index is 12.4. The van der Waals surface area contributed by atoms with Crippen molar-refractivity contribution in [1.29, 1.82) is 0 Å². The maximum Gasteiger partial charge on any atom is 0.237 e. The highest BCUT2D eigenvalue weighted by Crippen LogP contribution is 2.30. The van der Waals surface area contributed by atoms with E-state index in [4.69, 9.17) is 0 Å². The Balaban J connectivity index is 1.49. The number of hydrogen-bond acceptors (Lipinski definition) is 3. The number of aromatic nitrogens is 1. The van der Waals surface area contributed by atoms with Crippen molar-refractivity contribution in [2.75, 3.05) is 13.1 Å². The Hall–Kier alpha value is -1.42. The highest BCUT2D eigenvalue weighted by molar-refractivity contribution is 5.81. The first-order valence-electron chi connectivity index (χ1n) is 7.78. The van der Waals surface area contributed by atoms with Crippen molar-refractivity contribution in [2.24, 2.45) is 0 Å². The fraction of sp³-hybridized carbons (Fsp3) is 0.625. The van der Waals surface area contributed by atoms with E-state index in [9.17, 15) is 4.79 Å². The Labute approximate surface area is 120 Å². The summed E-state index contributed by atoms with van der Waals surface area (Å²) in [5, 5.41) is 3.09. The summed E-state index contributed by atoms with van der Waals surface area (Å²) in [5.41, 5.74) is 1.04. The molecular formula is C16H23N3O. The van der Waals surface area contributed by atoms with Gasteiger partial charge in [-0.25, -0.2) is 0 Å². The van der Waals surface area contributed by atoms with Crippen LogP contribution in [-0.2, 0) is 11.2 Å². The lowest BCUT2D eigenvalue weighted by molar-refractivity contribution is -0.128. The fourth-order valence-corrected chi connectivity index (χ4v) is 3.55. The van der Waals surface area contributed by atoms with Crippen LogP contribution in [0.15, 0.2) is 24.4 Å². The zero-order valence-electron chi connectivity index (χ0n) is 11.9. The fourth-order valence-electron chi connectivity index (χ4n) is 3.55.